The molecule has 2 aromatic carbocycles. The first-order valence-electron chi connectivity index (χ1n) is 9.22. The third-order valence-corrected chi connectivity index (χ3v) is 5.08. The molecule has 0 aromatic heterocycles. The highest BCUT2D eigenvalue weighted by molar-refractivity contribution is 5.98. The van der Waals surface area contributed by atoms with Crippen molar-refractivity contribution in [2.75, 3.05) is 20.1 Å². The van der Waals surface area contributed by atoms with Gasteiger partial charge in [0.05, 0.1) is 0 Å². The number of hydrogen-bond donors (Lipinski definition) is 3. The fourth-order valence-electron chi connectivity index (χ4n) is 3.78. The summed E-state index contributed by atoms with van der Waals surface area (Å²) < 4.78 is 6.45. The van der Waals surface area contributed by atoms with E-state index in [1.165, 1.54) is 10.7 Å². The molecular formula is C21H25N5O. The lowest BCUT2D eigenvalue weighted by molar-refractivity contribution is 0.0817. The van der Waals surface area contributed by atoms with Crippen molar-refractivity contribution in [1.29, 1.82) is 0 Å². The monoisotopic (exact) mass is 363 g/mol. The number of hydrazone groups is 1. The summed E-state index contributed by atoms with van der Waals surface area (Å²) in [5.41, 5.74) is 10.1. The second kappa shape index (κ2) is 7.06. The van der Waals surface area contributed by atoms with Gasteiger partial charge in [-0.1, -0.05) is 36.4 Å². The molecule has 0 atom stereocenters. The van der Waals surface area contributed by atoms with Gasteiger partial charge >= 0.3 is 0 Å². The number of amidine groups is 1. The van der Waals surface area contributed by atoms with Crippen molar-refractivity contribution in [2.24, 2.45) is 16.7 Å². The molecule has 0 saturated carbocycles. The van der Waals surface area contributed by atoms with Crippen molar-refractivity contribution in [2.45, 2.75) is 18.4 Å². The summed E-state index contributed by atoms with van der Waals surface area (Å²) in [5.74, 6) is 6.92. The van der Waals surface area contributed by atoms with Gasteiger partial charge in [-0.05, 0) is 42.4 Å². The molecule has 2 heterocycles. The maximum atomic E-state index is 6.45. The number of benzene rings is 2. The summed E-state index contributed by atoms with van der Waals surface area (Å²) in [6.45, 7) is 1.91. The van der Waals surface area contributed by atoms with Crippen LogP contribution in [0.4, 0.5) is 0 Å². The third-order valence-electron chi connectivity index (χ3n) is 5.08. The van der Waals surface area contributed by atoms with Crippen LogP contribution < -0.4 is 21.6 Å². The van der Waals surface area contributed by atoms with Crippen molar-refractivity contribution in [3.63, 3.8) is 0 Å². The summed E-state index contributed by atoms with van der Waals surface area (Å²) in [6, 6.07) is 16.3. The van der Waals surface area contributed by atoms with E-state index in [0.29, 0.717) is 5.84 Å². The molecule has 0 radical (unpaired) electrons. The van der Waals surface area contributed by atoms with E-state index in [0.717, 1.165) is 48.4 Å². The van der Waals surface area contributed by atoms with Crippen molar-refractivity contribution < 1.29 is 4.74 Å². The van der Waals surface area contributed by atoms with Crippen LogP contribution in [0.2, 0.25) is 0 Å². The molecule has 1 saturated heterocycles. The molecule has 4 rings (SSSR count). The molecule has 1 spiro atoms. The summed E-state index contributed by atoms with van der Waals surface area (Å²) >= 11 is 0. The molecule has 2 aliphatic rings. The molecule has 140 valence electrons. The van der Waals surface area contributed by atoms with Gasteiger partial charge in [0.2, 0.25) is 0 Å². The van der Waals surface area contributed by atoms with Crippen LogP contribution in [-0.2, 0) is 0 Å². The lowest BCUT2D eigenvalue weighted by Crippen LogP contribution is -2.46. The van der Waals surface area contributed by atoms with Crippen LogP contribution in [0.5, 0.6) is 5.75 Å². The van der Waals surface area contributed by atoms with E-state index < -0.39 is 0 Å². The van der Waals surface area contributed by atoms with Gasteiger partial charge in [-0.25, -0.2) is 11.0 Å². The third kappa shape index (κ3) is 3.54. The molecule has 27 heavy (non-hydrogen) atoms. The van der Waals surface area contributed by atoms with Crippen molar-refractivity contribution >= 4 is 11.4 Å². The molecule has 2 aromatic rings. The molecule has 0 bridgehead atoms. The van der Waals surface area contributed by atoms with Gasteiger partial charge < -0.3 is 15.8 Å². The number of ether oxygens (including phenoxy) is 1. The first-order valence-corrected chi connectivity index (χ1v) is 9.22. The van der Waals surface area contributed by atoms with E-state index in [2.05, 4.69) is 40.8 Å². The Bertz CT molecular complexity index is 897. The molecule has 6 nitrogen and oxygen atoms in total. The molecule has 2 aliphatic heterocycles. The Kier molecular flexibility index (Phi) is 4.59. The number of hydrogen-bond acceptors (Lipinski definition) is 5. The molecule has 0 amide bonds. The Morgan fingerprint density at radius 1 is 1.15 bits per heavy atom. The Hall–Kier alpha value is -2.83. The van der Waals surface area contributed by atoms with Crippen LogP contribution in [0.3, 0.4) is 0 Å². The van der Waals surface area contributed by atoms with Gasteiger partial charge in [0.1, 0.15) is 11.4 Å². The smallest absolute Gasteiger partial charge is 0.152 e. The average Bonchev–Trinajstić information content (AvgIpc) is 2.67. The van der Waals surface area contributed by atoms with Gasteiger partial charge in [0.25, 0.3) is 0 Å². The largest absolute Gasteiger partial charge is 0.482 e. The second-order valence-corrected chi connectivity index (χ2v) is 7.11. The summed E-state index contributed by atoms with van der Waals surface area (Å²) in [7, 11) is 1.65. The van der Waals surface area contributed by atoms with Gasteiger partial charge in [0, 0.05) is 31.0 Å². The molecule has 0 unspecified atom stereocenters. The van der Waals surface area contributed by atoms with Gasteiger partial charge in [-0.3, -0.25) is 0 Å². The quantitative estimate of drug-likeness (QED) is 0.336. The lowest BCUT2D eigenvalue weighted by Gasteiger charge is -2.40. The SMILES string of the molecule is CN(N)/N=C(\N)c1cccc(C2=CC3(CCNCC3)Oc3ccccc32)c1. The maximum Gasteiger partial charge on any atom is 0.152 e. The highest BCUT2D eigenvalue weighted by Crippen LogP contribution is 2.42. The highest BCUT2D eigenvalue weighted by Gasteiger charge is 2.36. The normalized spacial score (nSPS) is 18.4. The van der Waals surface area contributed by atoms with Crippen LogP contribution in [-0.4, -0.2) is 36.7 Å². The number of nitrogens with two attached hydrogens (primary N) is 2. The minimum Gasteiger partial charge on any atom is -0.482 e. The predicted molar refractivity (Wildman–Crippen MR) is 108 cm³/mol. The first-order chi connectivity index (χ1) is 13.1. The van der Waals surface area contributed by atoms with E-state index in [1.807, 2.05) is 24.3 Å². The topological polar surface area (TPSA) is 88.9 Å². The number of fused-ring (bicyclic) bond motifs is 1. The Morgan fingerprint density at radius 3 is 2.70 bits per heavy atom. The van der Waals surface area contributed by atoms with Gasteiger partial charge in [0.15, 0.2) is 5.84 Å². The van der Waals surface area contributed by atoms with Crippen molar-refractivity contribution in [3.05, 3.63) is 71.3 Å². The molecule has 0 aliphatic carbocycles. The van der Waals surface area contributed by atoms with E-state index in [4.69, 9.17) is 16.3 Å². The number of para-hydroxylation sites is 1. The van der Waals surface area contributed by atoms with E-state index >= 15 is 0 Å². The molecule has 6 heteroatoms. The number of rotatable bonds is 3. The van der Waals surface area contributed by atoms with Gasteiger partial charge in [-0.15, -0.1) is 5.10 Å². The highest BCUT2D eigenvalue weighted by atomic mass is 16.5. The Labute approximate surface area is 159 Å². The number of nitrogens with one attached hydrogen (secondary N) is 1. The average molecular weight is 363 g/mol. The zero-order valence-corrected chi connectivity index (χ0v) is 15.5. The molecular weight excluding hydrogens is 338 g/mol. The van der Waals surface area contributed by atoms with E-state index in [1.54, 1.807) is 7.05 Å². The minimum atomic E-state index is -0.262. The van der Waals surface area contributed by atoms with Crippen LogP contribution in [0, 0.1) is 0 Å². The molecule has 5 N–H and O–H groups in total. The number of nitrogens with zero attached hydrogens (tertiary/aromatic N) is 2. The maximum absolute atomic E-state index is 6.45. The van der Waals surface area contributed by atoms with Gasteiger partial charge in [-0.2, -0.15) is 0 Å². The fourth-order valence-corrected chi connectivity index (χ4v) is 3.78. The van der Waals surface area contributed by atoms with E-state index in [9.17, 15) is 0 Å². The molecule has 1 fully saturated rings. The number of piperidine rings is 1. The predicted octanol–water partition coefficient (Wildman–Crippen LogP) is 2.06. The zero-order valence-electron chi connectivity index (χ0n) is 15.5. The number of hydrazine groups is 1. The summed E-state index contributed by atoms with van der Waals surface area (Å²) in [6.07, 6.45) is 4.19. The second-order valence-electron chi connectivity index (χ2n) is 7.11. The standard InChI is InChI=1S/C21H25N5O/c1-26(23)25-20(22)16-6-4-5-15(13-16)18-14-21(9-11-24-12-10-21)27-19-8-3-2-7-17(18)19/h2-8,13-14,24H,9-12,23H2,1H3,(H2,22,25). The summed E-state index contributed by atoms with van der Waals surface area (Å²) in [4.78, 5) is 0. The Morgan fingerprint density at radius 2 is 1.93 bits per heavy atom. The van der Waals surface area contributed by atoms with Crippen LogP contribution in [0.1, 0.15) is 29.5 Å². The van der Waals surface area contributed by atoms with E-state index in [-0.39, 0.29) is 5.60 Å². The van der Waals surface area contributed by atoms with Crippen LogP contribution in [0.25, 0.3) is 5.57 Å². The lowest BCUT2D eigenvalue weighted by atomic mass is 9.83. The fraction of sp³-hybridized carbons (Fsp3) is 0.286. The summed E-state index contributed by atoms with van der Waals surface area (Å²) in [5, 5.41) is 8.75. The zero-order chi connectivity index (χ0) is 18.9. The van der Waals surface area contributed by atoms with Crippen LogP contribution >= 0.6 is 0 Å². The van der Waals surface area contributed by atoms with Crippen molar-refractivity contribution in [3.8, 4) is 5.75 Å². The van der Waals surface area contributed by atoms with Crippen LogP contribution in [0.15, 0.2) is 59.7 Å². The first kappa shape index (κ1) is 17.6. The minimum absolute atomic E-state index is 0.262. The van der Waals surface area contributed by atoms with Crippen molar-refractivity contribution in [1.82, 2.24) is 10.4 Å². The Balaban J connectivity index is 1.81.